The summed E-state index contributed by atoms with van der Waals surface area (Å²) < 4.78 is 1.80. The van der Waals surface area contributed by atoms with Crippen molar-refractivity contribution in [3.63, 3.8) is 0 Å². The van der Waals surface area contributed by atoms with Crippen molar-refractivity contribution in [1.82, 2.24) is 19.6 Å². The Morgan fingerprint density at radius 1 is 1.26 bits per heavy atom. The van der Waals surface area contributed by atoms with Crippen molar-refractivity contribution in [2.75, 3.05) is 19.6 Å². The summed E-state index contributed by atoms with van der Waals surface area (Å²) in [6, 6.07) is 5.61. The molecule has 31 heavy (non-hydrogen) atoms. The van der Waals surface area contributed by atoms with Gasteiger partial charge in [-0.05, 0) is 61.0 Å². The second-order valence-electron chi connectivity index (χ2n) is 10.3. The van der Waals surface area contributed by atoms with Crippen molar-refractivity contribution < 1.29 is 9.59 Å². The van der Waals surface area contributed by atoms with E-state index in [1.807, 2.05) is 24.4 Å². The lowest BCUT2D eigenvalue weighted by molar-refractivity contribution is -0.129. The first kappa shape index (κ1) is 20.5. The molecule has 2 bridgehead atoms. The molecule has 2 aromatic rings. The van der Waals surface area contributed by atoms with Crippen LogP contribution in [-0.2, 0) is 11.2 Å². The summed E-state index contributed by atoms with van der Waals surface area (Å²) in [7, 11) is 0. The Kier molecular flexibility index (Phi) is 5.04. The van der Waals surface area contributed by atoms with Crippen molar-refractivity contribution in [2.45, 2.75) is 52.0 Å². The third kappa shape index (κ3) is 3.63. The smallest absolute Gasteiger partial charge is 0.268 e. The first-order valence-corrected chi connectivity index (χ1v) is 11.6. The van der Waals surface area contributed by atoms with Crippen molar-refractivity contribution in [3.05, 3.63) is 35.8 Å². The number of nitrogens with two attached hydrogens (primary N) is 1. The number of hydrogen-bond acceptors (Lipinski definition) is 4. The highest BCUT2D eigenvalue weighted by atomic mass is 16.2. The molecule has 0 spiro atoms. The molecule has 2 aromatic heterocycles. The molecule has 7 heteroatoms. The Labute approximate surface area is 183 Å². The highest BCUT2D eigenvalue weighted by molar-refractivity contribution is 5.93. The van der Waals surface area contributed by atoms with Gasteiger partial charge in [0.1, 0.15) is 11.3 Å². The van der Waals surface area contributed by atoms with E-state index >= 15 is 0 Å². The number of hydrogen-bond donors (Lipinski definition) is 2. The number of aromatic nitrogens is 2. The van der Waals surface area contributed by atoms with Gasteiger partial charge in [0.25, 0.3) is 5.91 Å². The minimum Gasteiger partial charge on any atom is -0.350 e. The van der Waals surface area contributed by atoms with Gasteiger partial charge in [-0.2, -0.15) is 0 Å². The number of carbonyl (C=O) groups is 2. The van der Waals surface area contributed by atoms with Gasteiger partial charge in [-0.25, -0.2) is 4.98 Å². The average molecular weight is 424 g/mol. The number of nitrogens with one attached hydrogen (secondary N) is 1. The van der Waals surface area contributed by atoms with Crippen molar-refractivity contribution >= 4 is 17.5 Å². The Hall–Kier alpha value is -2.41. The van der Waals surface area contributed by atoms with E-state index in [0.717, 1.165) is 18.9 Å². The number of amides is 2. The molecule has 4 atom stereocenters. The van der Waals surface area contributed by atoms with Crippen molar-refractivity contribution in [2.24, 2.45) is 28.9 Å². The number of likely N-dealkylation sites (tertiary alicyclic amines) is 1. The zero-order valence-electron chi connectivity index (χ0n) is 18.5. The molecule has 3 N–H and O–H groups in total. The van der Waals surface area contributed by atoms with Crippen LogP contribution < -0.4 is 11.1 Å². The lowest BCUT2D eigenvalue weighted by atomic mass is 9.45. The Morgan fingerprint density at radius 2 is 2.10 bits per heavy atom. The van der Waals surface area contributed by atoms with Crippen LogP contribution in [0.15, 0.2) is 24.4 Å². The van der Waals surface area contributed by atoms with Gasteiger partial charge in [0.2, 0.25) is 5.91 Å². The third-order valence-corrected chi connectivity index (χ3v) is 8.21. The van der Waals surface area contributed by atoms with E-state index in [9.17, 15) is 9.59 Å². The number of imidazole rings is 1. The fraction of sp³-hybridized carbons (Fsp3) is 0.625. The zero-order chi connectivity index (χ0) is 21.8. The van der Waals surface area contributed by atoms with Crippen LogP contribution in [0.25, 0.3) is 5.65 Å². The number of nitrogens with zero attached hydrogens (tertiary/aromatic N) is 3. The Balaban J connectivity index is 1.26. The van der Waals surface area contributed by atoms with E-state index in [1.165, 1.54) is 19.3 Å². The van der Waals surface area contributed by atoms with Crippen molar-refractivity contribution in [3.8, 4) is 0 Å². The highest BCUT2D eigenvalue weighted by Crippen LogP contribution is 2.61. The second kappa shape index (κ2) is 7.62. The molecule has 1 saturated heterocycles. The molecule has 6 rings (SSSR count). The Bertz CT molecular complexity index is 1010. The third-order valence-electron chi connectivity index (χ3n) is 8.21. The van der Waals surface area contributed by atoms with E-state index < -0.39 is 0 Å². The van der Waals surface area contributed by atoms with Crippen LogP contribution in [0.1, 0.15) is 55.7 Å². The molecule has 3 saturated carbocycles. The number of rotatable bonds is 5. The molecule has 0 radical (unpaired) electrons. The summed E-state index contributed by atoms with van der Waals surface area (Å²) in [5, 5.41) is 3.18. The van der Waals surface area contributed by atoms with Crippen LogP contribution in [0, 0.1) is 23.2 Å². The molecule has 1 aliphatic heterocycles. The van der Waals surface area contributed by atoms with Crippen LogP contribution in [0.2, 0.25) is 0 Å². The summed E-state index contributed by atoms with van der Waals surface area (Å²) in [5.74, 6) is 2.10. The molecule has 166 valence electrons. The maximum absolute atomic E-state index is 13.0. The van der Waals surface area contributed by atoms with Gasteiger partial charge in [-0.3, -0.25) is 14.0 Å². The highest BCUT2D eigenvalue weighted by Gasteiger charge is 2.53. The molecule has 4 fully saturated rings. The Morgan fingerprint density at radius 3 is 2.81 bits per heavy atom. The molecule has 3 heterocycles. The van der Waals surface area contributed by atoms with Gasteiger partial charge in [-0.15, -0.1) is 0 Å². The fourth-order valence-corrected chi connectivity index (χ4v) is 6.13. The molecule has 1 unspecified atom stereocenters. The quantitative estimate of drug-likeness (QED) is 0.771. The SMILES string of the molecule is CC1(C)[C@@H]2CC[C@@H](CNC(=O)c3cccc4nc(CC(=O)N5CCC(N)C5)cn34)[C@@H]1C2. The van der Waals surface area contributed by atoms with Crippen LogP contribution >= 0.6 is 0 Å². The molecule has 2 amide bonds. The number of pyridine rings is 1. The summed E-state index contributed by atoms with van der Waals surface area (Å²) >= 11 is 0. The minimum absolute atomic E-state index is 0.0427. The van der Waals surface area contributed by atoms with E-state index in [0.29, 0.717) is 47.4 Å². The lowest BCUT2D eigenvalue weighted by Gasteiger charge is -2.60. The summed E-state index contributed by atoms with van der Waals surface area (Å²) in [4.78, 5) is 32.0. The minimum atomic E-state index is -0.0781. The average Bonchev–Trinajstić information content (AvgIpc) is 3.37. The molecule has 4 aliphatic rings. The topological polar surface area (TPSA) is 92.7 Å². The van der Waals surface area contributed by atoms with E-state index in [4.69, 9.17) is 5.73 Å². The van der Waals surface area contributed by atoms with Crippen LogP contribution in [0.3, 0.4) is 0 Å². The summed E-state index contributed by atoms with van der Waals surface area (Å²) in [6.45, 7) is 6.81. The maximum atomic E-state index is 13.0. The molecule has 3 aliphatic carbocycles. The molecule has 0 aromatic carbocycles. The molecular formula is C24H33N5O2. The van der Waals surface area contributed by atoms with Gasteiger partial charge >= 0.3 is 0 Å². The lowest BCUT2D eigenvalue weighted by Crippen LogP contribution is -2.54. The molecular weight excluding hydrogens is 390 g/mol. The van der Waals surface area contributed by atoms with Gasteiger partial charge in [0, 0.05) is 31.9 Å². The van der Waals surface area contributed by atoms with Gasteiger partial charge in [0.15, 0.2) is 0 Å². The zero-order valence-corrected chi connectivity index (χ0v) is 18.5. The standard InChI is InChI=1S/C24H33N5O2/c1-24(2)16-7-6-15(19(24)10-16)12-26-23(31)20-4-3-5-21-27-18(14-29(20)21)11-22(30)28-9-8-17(25)13-28/h3-5,14-17,19H,6-13,25H2,1-2H3,(H,26,31)/t15-,16+,17?,19-/m0/s1. The number of carbonyl (C=O) groups excluding carboxylic acids is 2. The first-order valence-electron chi connectivity index (χ1n) is 11.6. The summed E-state index contributed by atoms with van der Waals surface area (Å²) in [6.07, 6.45) is 6.69. The maximum Gasteiger partial charge on any atom is 0.268 e. The van der Waals surface area contributed by atoms with Crippen LogP contribution in [0.4, 0.5) is 0 Å². The molecule has 7 nitrogen and oxygen atoms in total. The van der Waals surface area contributed by atoms with Crippen molar-refractivity contribution in [1.29, 1.82) is 0 Å². The van der Waals surface area contributed by atoms with Gasteiger partial charge in [-0.1, -0.05) is 19.9 Å². The monoisotopic (exact) mass is 423 g/mol. The largest absolute Gasteiger partial charge is 0.350 e. The van der Waals surface area contributed by atoms with Gasteiger partial charge < -0.3 is 16.0 Å². The fourth-order valence-electron chi connectivity index (χ4n) is 6.13. The van der Waals surface area contributed by atoms with E-state index in [-0.39, 0.29) is 24.3 Å². The normalized spacial score (nSPS) is 29.1. The summed E-state index contributed by atoms with van der Waals surface area (Å²) in [5.41, 5.74) is 8.27. The van der Waals surface area contributed by atoms with Crippen LogP contribution in [0.5, 0.6) is 0 Å². The van der Waals surface area contributed by atoms with Crippen LogP contribution in [-0.4, -0.2) is 51.8 Å². The van der Waals surface area contributed by atoms with E-state index in [2.05, 4.69) is 24.1 Å². The van der Waals surface area contributed by atoms with E-state index in [1.54, 1.807) is 9.30 Å². The first-order chi connectivity index (χ1) is 14.8. The second-order valence-corrected chi connectivity index (χ2v) is 10.3. The number of fused-ring (bicyclic) bond motifs is 3. The predicted molar refractivity (Wildman–Crippen MR) is 119 cm³/mol. The predicted octanol–water partition coefficient (Wildman–Crippen LogP) is 2.24. The van der Waals surface area contributed by atoms with Gasteiger partial charge in [0.05, 0.1) is 12.1 Å².